The van der Waals surface area contributed by atoms with Gasteiger partial charge in [0, 0.05) is 6.04 Å². The zero-order valence-electron chi connectivity index (χ0n) is 11.1. The molecular weight excluding hydrogens is 278 g/mol. The molecule has 4 rings (SSSR count). The van der Waals surface area contributed by atoms with Gasteiger partial charge in [-0.3, -0.25) is 0 Å². The highest BCUT2D eigenvalue weighted by Gasteiger charge is 2.45. The lowest BCUT2D eigenvalue weighted by atomic mass is 10.1. The molecule has 1 saturated heterocycles. The van der Waals surface area contributed by atoms with Gasteiger partial charge >= 0.3 is 0 Å². The predicted octanol–water partition coefficient (Wildman–Crippen LogP) is 1.27. The van der Waals surface area contributed by atoms with E-state index in [-0.39, 0.29) is 12.1 Å². The molecular formula is C14H17NO4S. The third-order valence-corrected chi connectivity index (χ3v) is 6.16. The van der Waals surface area contributed by atoms with Crippen LogP contribution in [0.1, 0.15) is 24.0 Å². The highest BCUT2D eigenvalue weighted by molar-refractivity contribution is 7.89. The molecule has 0 atom stereocenters. The first-order valence-corrected chi connectivity index (χ1v) is 8.41. The molecule has 0 aromatic heterocycles. The average molecular weight is 295 g/mol. The van der Waals surface area contributed by atoms with Crippen LogP contribution in [0.2, 0.25) is 0 Å². The van der Waals surface area contributed by atoms with Gasteiger partial charge in [-0.25, -0.2) is 8.42 Å². The Morgan fingerprint density at radius 2 is 1.75 bits per heavy atom. The predicted molar refractivity (Wildman–Crippen MR) is 71.6 cm³/mol. The number of rotatable bonds is 4. The minimum atomic E-state index is -3.42. The lowest BCUT2D eigenvalue weighted by Crippen LogP contribution is -2.52. The molecule has 0 amide bonds. The maximum absolute atomic E-state index is 12.9. The molecule has 1 aromatic rings. The molecule has 2 heterocycles. The molecule has 108 valence electrons. The molecule has 3 aliphatic rings. The minimum Gasteiger partial charge on any atom is -0.378 e. The highest BCUT2D eigenvalue weighted by Crippen LogP contribution is 2.36. The molecule has 1 aromatic carbocycles. The largest absolute Gasteiger partial charge is 0.378 e. The van der Waals surface area contributed by atoms with Gasteiger partial charge in [-0.1, -0.05) is 6.07 Å². The number of nitrogens with zero attached hydrogens (tertiary/aromatic N) is 1. The number of ether oxygens (including phenoxy) is 2. The molecule has 1 aliphatic carbocycles. The van der Waals surface area contributed by atoms with Gasteiger partial charge in [-0.05, 0) is 36.1 Å². The van der Waals surface area contributed by atoms with Crippen molar-refractivity contribution in [1.29, 1.82) is 0 Å². The first kappa shape index (κ1) is 12.8. The maximum atomic E-state index is 12.9. The van der Waals surface area contributed by atoms with E-state index >= 15 is 0 Å². The molecule has 1 saturated carbocycles. The van der Waals surface area contributed by atoms with Crippen molar-refractivity contribution >= 4 is 10.0 Å². The minimum absolute atomic E-state index is 0.0111. The van der Waals surface area contributed by atoms with Crippen LogP contribution in [0.3, 0.4) is 0 Å². The van der Waals surface area contributed by atoms with Gasteiger partial charge in [-0.2, -0.15) is 4.31 Å². The summed E-state index contributed by atoms with van der Waals surface area (Å²) in [6.07, 6.45) is 1.92. The van der Waals surface area contributed by atoms with Crippen molar-refractivity contribution in [1.82, 2.24) is 4.31 Å². The second-order valence-corrected chi connectivity index (χ2v) is 7.52. The van der Waals surface area contributed by atoms with Gasteiger partial charge in [0.05, 0.1) is 37.4 Å². The summed E-state index contributed by atoms with van der Waals surface area (Å²) >= 11 is 0. The Hall–Kier alpha value is -0.950. The molecule has 0 spiro atoms. The van der Waals surface area contributed by atoms with Crippen molar-refractivity contribution in [3.63, 3.8) is 0 Å². The number of benzene rings is 1. The first-order chi connectivity index (χ1) is 9.66. The number of sulfonamides is 1. The van der Waals surface area contributed by atoms with Gasteiger partial charge in [0.2, 0.25) is 10.0 Å². The maximum Gasteiger partial charge on any atom is 0.243 e. The first-order valence-electron chi connectivity index (χ1n) is 6.97. The van der Waals surface area contributed by atoms with E-state index in [1.165, 1.54) is 0 Å². The van der Waals surface area contributed by atoms with Crippen LogP contribution >= 0.6 is 0 Å². The van der Waals surface area contributed by atoms with Crippen LogP contribution < -0.4 is 0 Å². The summed E-state index contributed by atoms with van der Waals surface area (Å²) in [5.41, 5.74) is 2.08. The van der Waals surface area contributed by atoms with Gasteiger partial charge in [0.25, 0.3) is 0 Å². The Bertz CT molecular complexity index is 635. The summed E-state index contributed by atoms with van der Waals surface area (Å²) in [5, 5.41) is 0. The second kappa shape index (κ2) is 4.53. The van der Waals surface area contributed by atoms with E-state index in [4.69, 9.17) is 9.47 Å². The van der Waals surface area contributed by atoms with E-state index in [0.29, 0.717) is 31.3 Å². The fraction of sp³-hybridized carbons (Fsp3) is 0.571. The van der Waals surface area contributed by atoms with Gasteiger partial charge in [0.15, 0.2) is 0 Å². The molecule has 0 bridgehead atoms. The van der Waals surface area contributed by atoms with Crippen LogP contribution in [-0.4, -0.2) is 38.0 Å². The zero-order valence-corrected chi connectivity index (χ0v) is 11.9. The topological polar surface area (TPSA) is 55.8 Å². The van der Waals surface area contributed by atoms with Gasteiger partial charge in [0.1, 0.15) is 0 Å². The highest BCUT2D eigenvalue weighted by atomic mass is 32.2. The molecule has 0 unspecified atom stereocenters. The van der Waals surface area contributed by atoms with Gasteiger partial charge < -0.3 is 9.47 Å². The summed E-state index contributed by atoms with van der Waals surface area (Å²) in [7, 11) is -3.42. The Kier molecular flexibility index (Phi) is 2.89. The summed E-state index contributed by atoms with van der Waals surface area (Å²) in [4.78, 5) is 0.389. The normalized spacial score (nSPS) is 22.9. The van der Waals surface area contributed by atoms with Crippen LogP contribution in [0.4, 0.5) is 0 Å². The van der Waals surface area contributed by atoms with Crippen molar-refractivity contribution in [2.75, 3.05) is 13.2 Å². The molecule has 0 radical (unpaired) electrons. The molecule has 20 heavy (non-hydrogen) atoms. The molecule has 2 aliphatic heterocycles. The Morgan fingerprint density at radius 3 is 2.40 bits per heavy atom. The van der Waals surface area contributed by atoms with Crippen molar-refractivity contribution in [2.24, 2.45) is 0 Å². The van der Waals surface area contributed by atoms with E-state index in [1.54, 1.807) is 16.4 Å². The van der Waals surface area contributed by atoms with Crippen LogP contribution in [0.5, 0.6) is 0 Å². The summed E-state index contributed by atoms with van der Waals surface area (Å²) in [6, 6.07) is 5.53. The van der Waals surface area contributed by atoms with Crippen molar-refractivity contribution < 1.29 is 17.9 Å². The lowest BCUT2D eigenvalue weighted by molar-refractivity contribution is -0.0387. The van der Waals surface area contributed by atoms with Crippen LogP contribution in [0, 0.1) is 0 Å². The van der Waals surface area contributed by atoms with E-state index in [1.807, 2.05) is 6.07 Å². The molecule has 0 N–H and O–H groups in total. The fourth-order valence-corrected chi connectivity index (χ4v) is 4.71. The van der Waals surface area contributed by atoms with E-state index in [9.17, 15) is 8.42 Å². The van der Waals surface area contributed by atoms with Crippen LogP contribution in [0.25, 0.3) is 0 Å². The number of hydrogen-bond donors (Lipinski definition) is 0. The van der Waals surface area contributed by atoms with Gasteiger partial charge in [-0.15, -0.1) is 0 Å². The fourth-order valence-electron chi connectivity index (χ4n) is 2.82. The zero-order chi connectivity index (χ0) is 13.7. The number of fused-ring (bicyclic) bond motifs is 1. The third-order valence-electron chi connectivity index (χ3n) is 4.16. The summed E-state index contributed by atoms with van der Waals surface area (Å²) in [6.45, 7) is 2.13. The smallest absolute Gasteiger partial charge is 0.243 e. The van der Waals surface area contributed by atoms with E-state index < -0.39 is 10.0 Å². The molecule has 6 heteroatoms. The number of hydrogen-bond acceptors (Lipinski definition) is 4. The SMILES string of the molecule is O=S(=O)(c1ccc2c(c1)COC2)N(C1CC1)C1COC1. The summed E-state index contributed by atoms with van der Waals surface area (Å²) in [5.74, 6) is 0. The average Bonchev–Trinajstić information content (AvgIpc) is 3.09. The third kappa shape index (κ3) is 1.98. The van der Waals surface area contributed by atoms with Crippen LogP contribution in [0.15, 0.2) is 23.1 Å². The van der Waals surface area contributed by atoms with Crippen LogP contribution in [-0.2, 0) is 32.7 Å². The van der Waals surface area contributed by atoms with Crippen molar-refractivity contribution in [3.05, 3.63) is 29.3 Å². The lowest BCUT2D eigenvalue weighted by Gasteiger charge is -2.36. The Labute approximate surface area is 118 Å². The quantitative estimate of drug-likeness (QED) is 0.839. The Morgan fingerprint density at radius 1 is 1.00 bits per heavy atom. The molecule has 2 fully saturated rings. The van der Waals surface area contributed by atoms with Crippen molar-refractivity contribution in [2.45, 2.75) is 43.0 Å². The second-order valence-electron chi connectivity index (χ2n) is 5.68. The summed E-state index contributed by atoms with van der Waals surface area (Å²) < 4.78 is 38.0. The Balaban J connectivity index is 1.71. The molecule has 5 nitrogen and oxygen atoms in total. The standard InChI is InChI=1S/C14H17NO4S/c16-20(17,15(12-2-3-12)13-8-19-9-13)14-4-1-10-6-18-7-11(10)5-14/h1,4-5,12-13H,2-3,6-9H2. The van der Waals surface area contributed by atoms with E-state index in [2.05, 4.69) is 0 Å². The van der Waals surface area contributed by atoms with E-state index in [0.717, 1.165) is 24.0 Å². The monoisotopic (exact) mass is 295 g/mol. The van der Waals surface area contributed by atoms with Crippen molar-refractivity contribution in [3.8, 4) is 0 Å².